The summed E-state index contributed by atoms with van der Waals surface area (Å²) in [4.78, 5) is 0. The van der Waals surface area contributed by atoms with E-state index in [2.05, 4.69) is 35.0 Å². The van der Waals surface area contributed by atoms with E-state index in [0.717, 1.165) is 26.2 Å². The minimum absolute atomic E-state index is 0.169. The smallest absolute Gasteiger partial charge is 0.0563 e. The van der Waals surface area contributed by atoms with Gasteiger partial charge >= 0.3 is 0 Å². The molecule has 0 radical (unpaired) electrons. The molecule has 18 heavy (non-hydrogen) atoms. The molecule has 1 atom stereocenters. The van der Waals surface area contributed by atoms with E-state index >= 15 is 0 Å². The molecule has 2 aromatic carbocycles. The van der Waals surface area contributed by atoms with E-state index in [9.17, 15) is 0 Å². The van der Waals surface area contributed by atoms with Crippen LogP contribution in [0.15, 0.2) is 40.9 Å². The Kier molecular flexibility index (Phi) is 4.10. The first-order valence-corrected chi connectivity index (χ1v) is 6.94. The first-order valence-electron chi connectivity index (χ1n) is 5.76. The van der Waals surface area contributed by atoms with Crippen LogP contribution in [0.25, 0.3) is 0 Å². The van der Waals surface area contributed by atoms with E-state index in [1.165, 1.54) is 5.56 Å². The van der Waals surface area contributed by atoms with Crippen molar-refractivity contribution in [3.8, 4) is 0 Å². The van der Waals surface area contributed by atoms with E-state index in [-0.39, 0.29) is 6.04 Å². The second-order valence-corrected chi connectivity index (χ2v) is 5.77. The highest BCUT2D eigenvalue weighted by Crippen LogP contribution is 2.29. The van der Waals surface area contributed by atoms with Crippen molar-refractivity contribution < 1.29 is 0 Å². The minimum atomic E-state index is -0.169. The highest BCUT2D eigenvalue weighted by atomic mass is 79.9. The number of rotatable bonds is 2. The minimum Gasteiger partial charge on any atom is -0.320 e. The SMILES string of the molecule is Cc1ccc(Br)c(C(N)c2ccc(C)c(Cl)c2)c1. The van der Waals surface area contributed by atoms with Crippen LogP contribution in [-0.4, -0.2) is 0 Å². The number of hydrogen-bond acceptors (Lipinski definition) is 1. The summed E-state index contributed by atoms with van der Waals surface area (Å²) in [7, 11) is 0. The molecular formula is C15H15BrClN. The number of benzene rings is 2. The fourth-order valence-corrected chi connectivity index (χ4v) is 2.57. The van der Waals surface area contributed by atoms with Crippen molar-refractivity contribution >= 4 is 27.5 Å². The van der Waals surface area contributed by atoms with E-state index < -0.39 is 0 Å². The molecule has 3 heteroatoms. The van der Waals surface area contributed by atoms with E-state index in [1.54, 1.807) is 0 Å². The Labute approximate surface area is 121 Å². The fraction of sp³-hybridized carbons (Fsp3) is 0.200. The average Bonchev–Trinajstić information content (AvgIpc) is 2.35. The van der Waals surface area contributed by atoms with Crippen molar-refractivity contribution in [2.45, 2.75) is 19.9 Å². The molecule has 0 bridgehead atoms. The molecule has 94 valence electrons. The summed E-state index contributed by atoms with van der Waals surface area (Å²) in [5.41, 5.74) is 10.7. The zero-order chi connectivity index (χ0) is 13.3. The van der Waals surface area contributed by atoms with Crippen LogP contribution in [0.1, 0.15) is 28.3 Å². The van der Waals surface area contributed by atoms with Crippen LogP contribution in [0.5, 0.6) is 0 Å². The lowest BCUT2D eigenvalue weighted by molar-refractivity contribution is 0.863. The van der Waals surface area contributed by atoms with Crippen molar-refractivity contribution in [3.63, 3.8) is 0 Å². The van der Waals surface area contributed by atoms with Gasteiger partial charge in [-0.15, -0.1) is 0 Å². The first kappa shape index (κ1) is 13.6. The normalized spacial score (nSPS) is 12.5. The van der Waals surface area contributed by atoms with Gasteiger partial charge in [-0.05, 0) is 42.7 Å². The van der Waals surface area contributed by atoms with Gasteiger partial charge in [0.25, 0.3) is 0 Å². The van der Waals surface area contributed by atoms with Gasteiger partial charge < -0.3 is 5.73 Å². The molecule has 0 fully saturated rings. The molecule has 2 N–H and O–H groups in total. The zero-order valence-electron chi connectivity index (χ0n) is 10.4. The Hall–Kier alpha value is -0.830. The second kappa shape index (κ2) is 5.43. The third-order valence-electron chi connectivity index (χ3n) is 3.04. The molecule has 0 heterocycles. The largest absolute Gasteiger partial charge is 0.320 e. The molecular weight excluding hydrogens is 310 g/mol. The van der Waals surface area contributed by atoms with Gasteiger partial charge in [0.05, 0.1) is 6.04 Å². The van der Waals surface area contributed by atoms with Crippen molar-refractivity contribution in [1.82, 2.24) is 0 Å². The maximum absolute atomic E-state index is 6.32. The summed E-state index contributed by atoms with van der Waals surface area (Å²) in [5.74, 6) is 0. The van der Waals surface area contributed by atoms with Crippen LogP contribution < -0.4 is 5.73 Å². The molecule has 0 aliphatic carbocycles. The Bertz CT molecular complexity index is 581. The van der Waals surface area contributed by atoms with Gasteiger partial charge in [-0.2, -0.15) is 0 Å². The Morgan fingerprint density at radius 1 is 1.11 bits per heavy atom. The lowest BCUT2D eigenvalue weighted by Gasteiger charge is -2.16. The van der Waals surface area contributed by atoms with Gasteiger partial charge in [-0.1, -0.05) is 57.4 Å². The molecule has 0 aliphatic heterocycles. The summed E-state index contributed by atoms with van der Waals surface area (Å²) in [5, 5.41) is 0.756. The summed E-state index contributed by atoms with van der Waals surface area (Å²) >= 11 is 9.70. The van der Waals surface area contributed by atoms with Crippen LogP contribution in [0.3, 0.4) is 0 Å². The number of nitrogens with two attached hydrogens (primary N) is 1. The second-order valence-electron chi connectivity index (χ2n) is 4.51. The third kappa shape index (κ3) is 2.77. The van der Waals surface area contributed by atoms with Gasteiger partial charge in [-0.25, -0.2) is 0 Å². The lowest BCUT2D eigenvalue weighted by atomic mass is 9.97. The molecule has 0 aliphatic rings. The highest BCUT2D eigenvalue weighted by Gasteiger charge is 2.13. The summed E-state index contributed by atoms with van der Waals surface area (Å²) < 4.78 is 1.03. The maximum atomic E-state index is 6.32. The van der Waals surface area contributed by atoms with Crippen LogP contribution in [0.2, 0.25) is 5.02 Å². The zero-order valence-corrected chi connectivity index (χ0v) is 12.7. The number of hydrogen-bond donors (Lipinski definition) is 1. The predicted octanol–water partition coefficient (Wildman–Crippen LogP) is 4.77. The van der Waals surface area contributed by atoms with Crippen LogP contribution in [-0.2, 0) is 0 Å². The van der Waals surface area contributed by atoms with Gasteiger partial charge in [0, 0.05) is 9.50 Å². The molecule has 0 amide bonds. The third-order valence-corrected chi connectivity index (χ3v) is 4.17. The highest BCUT2D eigenvalue weighted by molar-refractivity contribution is 9.10. The Morgan fingerprint density at radius 3 is 2.50 bits per heavy atom. The average molecular weight is 325 g/mol. The number of aryl methyl sites for hydroxylation is 2. The first-order chi connectivity index (χ1) is 8.49. The molecule has 1 unspecified atom stereocenters. The Balaban J connectivity index is 2.44. The molecule has 0 spiro atoms. The summed E-state index contributed by atoms with van der Waals surface area (Å²) in [6.45, 7) is 4.05. The summed E-state index contributed by atoms with van der Waals surface area (Å²) in [6.07, 6.45) is 0. The van der Waals surface area contributed by atoms with Gasteiger partial charge in [-0.3, -0.25) is 0 Å². The van der Waals surface area contributed by atoms with Gasteiger partial charge in [0.2, 0.25) is 0 Å². The molecule has 2 aromatic rings. The number of halogens is 2. The van der Waals surface area contributed by atoms with Crippen LogP contribution in [0.4, 0.5) is 0 Å². The van der Waals surface area contributed by atoms with Crippen LogP contribution in [0, 0.1) is 13.8 Å². The lowest BCUT2D eigenvalue weighted by Crippen LogP contribution is -2.12. The van der Waals surface area contributed by atoms with Crippen LogP contribution >= 0.6 is 27.5 Å². The summed E-state index contributed by atoms with van der Waals surface area (Å²) in [6, 6.07) is 12.0. The molecule has 2 rings (SSSR count). The molecule has 1 nitrogen and oxygen atoms in total. The standard InChI is InChI=1S/C15H15BrClN/c1-9-3-6-13(16)12(7-9)15(18)11-5-4-10(2)14(17)8-11/h3-8,15H,18H2,1-2H3. The maximum Gasteiger partial charge on any atom is 0.0563 e. The topological polar surface area (TPSA) is 26.0 Å². The quantitative estimate of drug-likeness (QED) is 0.846. The fourth-order valence-electron chi connectivity index (χ4n) is 1.88. The van der Waals surface area contributed by atoms with Crippen molar-refractivity contribution in [3.05, 3.63) is 68.1 Å². The van der Waals surface area contributed by atoms with E-state index in [1.807, 2.05) is 31.2 Å². The molecule has 0 saturated heterocycles. The van der Waals surface area contributed by atoms with Crippen molar-refractivity contribution in [1.29, 1.82) is 0 Å². The molecule has 0 aromatic heterocycles. The van der Waals surface area contributed by atoms with Gasteiger partial charge in [0.1, 0.15) is 0 Å². The van der Waals surface area contributed by atoms with E-state index in [4.69, 9.17) is 17.3 Å². The van der Waals surface area contributed by atoms with Gasteiger partial charge in [0.15, 0.2) is 0 Å². The van der Waals surface area contributed by atoms with Crippen molar-refractivity contribution in [2.75, 3.05) is 0 Å². The Morgan fingerprint density at radius 2 is 1.83 bits per heavy atom. The van der Waals surface area contributed by atoms with Crippen molar-refractivity contribution in [2.24, 2.45) is 5.73 Å². The van der Waals surface area contributed by atoms with E-state index in [0.29, 0.717) is 0 Å². The monoisotopic (exact) mass is 323 g/mol. The molecule has 0 saturated carbocycles. The predicted molar refractivity (Wildman–Crippen MR) is 81.1 cm³/mol.